The average molecular weight is 168 g/mol. The van der Waals surface area contributed by atoms with Gasteiger partial charge in [-0.3, -0.25) is 0 Å². The summed E-state index contributed by atoms with van der Waals surface area (Å²) in [6.07, 6.45) is 0. The first-order valence-electron chi connectivity index (χ1n) is 2.95. The summed E-state index contributed by atoms with van der Waals surface area (Å²) in [5, 5.41) is 7.75. The Morgan fingerprint density at radius 3 is 3.09 bits per heavy atom. The van der Waals surface area contributed by atoms with Crippen molar-refractivity contribution in [3.8, 4) is 10.8 Å². The van der Waals surface area contributed by atoms with Gasteiger partial charge in [0, 0.05) is 0 Å². The zero-order chi connectivity index (χ0) is 7.68. The molecule has 2 aromatic rings. The summed E-state index contributed by atoms with van der Waals surface area (Å²) in [7, 11) is 0. The normalized spacial score (nSPS) is 10.2. The summed E-state index contributed by atoms with van der Waals surface area (Å²) in [5.74, 6) is -0.168. The molecule has 0 fully saturated rings. The molecule has 2 rings (SSSR count). The molecule has 0 aromatic carbocycles. The third-order valence-corrected chi connectivity index (χ3v) is 2.03. The van der Waals surface area contributed by atoms with E-state index in [-0.39, 0.29) is 0 Å². The Labute approximate surface area is 65.5 Å². The molecule has 56 valence electrons. The lowest BCUT2D eigenvalue weighted by atomic mass is 10.5. The first-order chi connectivity index (χ1) is 5.36. The van der Waals surface area contributed by atoms with Crippen molar-refractivity contribution < 1.29 is 4.42 Å². The number of hydrogen-bond donors (Lipinski definition) is 1. The molecule has 2 aromatic heterocycles. The van der Waals surface area contributed by atoms with Crippen molar-refractivity contribution in [1.29, 1.82) is 0 Å². The van der Waals surface area contributed by atoms with Gasteiger partial charge in [-0.2, -0.15) is 0 Å². The van der Waals surface area contributed by atoms with Gasteiger partial charge in [0.05, 0.1) is 4.88 Å². The van der Waals surface area contributed by atoms with Gasteiger partial charge in [-0.25, -0.2) is 9.89 Å². The van der Waals surface area contributed by atoms with Crippen molar-refractivity contribution in [3.63, 3.8) is 0 Å². The minimum absolute atomic E-state index is 0.352. The standard InChI is InChI=1S/C6H4N2O2S/c9-6-8-7-5(10-6)4-2-1-3-11-4/h1-3H,(H,8,9). The van der Waals surface area contributed by atoms with E-state index in [9.17, 15) is 4.79 Å². The fraction of sp³-hybridized carbons (Fsp3) is 0. The molecule has 0 amide bonds. The highest BCUT2D eigenvalue weighted by Gasteiger charge is 2.03. The molecule has 0 saturated carbocycles. The van der Waals surface area contributed by atoms with Crippen molar-refractivity contribution in [2.24, 2.45) is 0 Å². The Hall–Kier alpha value is -1.36. The average Bonchev–Trinajstić information content (AvgIpc) is 2.55. The fourth-order valence-electron chi connectivity index (χ4n) is 0.736. The summed E-state index contributed by atoms with van der Waals surface area (Å²) in [6, 6.07) is 3.71. The van der Waals surface area contributed by atoms with E-state index in [1.165, 1.54) is 11.3 Å². The Kier molecular flexibility index (Phi) is 1.36. The third kappa shape index (κ3) is 1.10. The molecule has 0 aliphatic carbocycles. The molecule has 0 aliphatic heterocycles. The molecule has 2 heterocycles. The number of thiophene rings is 1. The Morgan fingerprint density at radius 2 is 2.55 bits per heavy atom. The number of hydrogen-bond acceptors (Lipinski definition) is 4. The lowest BCUT2D eigenvalue weighted by Gasteiger charge is -1.80. The highest BCUT2D eigenvalue weighted by Crippen LogP contribution is 2.20. The van der Waals surface area contributed by atoms with E-state index < -0.39 is 5.76 Å². The van der Waals surface area contributed by atoms with E-state index in [1.54, 1.807) is 0 Å². The number of aromatic amines is 1. The fourth-order valence-corrected chi connectivity index (χ4v) is 1.38. The summed E-state index contributed by atoms with van der Waals surface area (Å²) in [5.41, 5.74) is 0. The van der Waals surface area contributed by atoms with E-state index in [0.29, 0.717) is 5.89 Å². The maximum absolute atomic E-state index is 10.5. The first kappa shape index (κ1) is 6.36. The highest BCUT2D eigenvalue weighted by atomic mass is 32.1. The van der Waals surface area contributed by atoms with Crippen LogP contribution in [0.15, 0.2) is 26.7 Å². The first-order valence-corrected chi connectivity index (χ1v) is 3.83. The van der Waals surface area contributed by atoms with Crippen LogP contribution in [0.5, 0.6) is 0 Å². The summed E-state index contributed by atoms with van der Waals surface area (Å²) in [6.45, 7) is 0. The monoisotopic (exact) mass is 168 g/mol. The van der Waals surface area contributed by atoms with Gasteiger partial charge in [0.25, 0.3) is 5.89 Å². The molecule has 0 radical (unpaired) electrons. The van der Waals surface area contributed by atoms with Crippen LogP contribution in [0, 0.1) is 0 Å². The van der Waals surface area contributed by atoms with E-state index >= 15 is 0 Å². The number of rotatable bonds is 1. The lowest BCUT2D eigenvalue weighted by molar-refractivity contribution is 0.528. The zero-order valence-electron chi connectivity index (χ0n) is 5.40. The molecule has 0 aliphatic rings. The van der Waals surface area contributed by atoms with Crippen LogP contribution in [0.1, 0.15) is 0 Å². The molecule has 4 nitrogen and oxygen atoms in total. The van der Waals surface area contributed by atoms with Gasteiger partial charge in [0.2, 0.25) is 0 Å². The molecular formula is C6H4N2O2S. The van der Waals surface area contributed by atoms with E-state index in [0.717, 1.165) is 4.88 Å². The Balaban J connectivity index is 2.53. The van der Waals surface area contributed by atoms with Crippen molar-refractivity contribution in [1.82, 2.24) is 10.2 Å². The number of aromatic nitrogens is 2. The number of H-pyrrole nitrogens is 1. The molecule has 1 N–H and O–H groups in total. The third-order valence-electron chi connectivity index (χ3n) is 1.17. The molecule has 0 bridgehead atoms. The van der Waals surface area contributed by atoms with Crippen molar-refractivity contribution >= 4 is 11.3 Å². The maximum Gasteiger partial charge on any atom is 0.434 e. The quantitative estimate of drug-likeness (QED) is 0.693. The Morgan fingerprint density at radius 1 is 1.64 bits per heavy atom. The van der Waals surface area contributed by atoms with Crippen LogP contribution in [0.4, 0.5) is 0 Å². The van der Waals surface area contributed by atoms with Crippen LogP contribution in [0.2, 0.25) is 0 Å². The minimum atomic E-state index is -0.520. The molecule has 0 saturated heterocycles. The second-order valence-corrected chi connectivity index (χ2v) is 2.84. The predicted octanol–water partition coefficient (Wildman–Crippen LogP) is 1.09. The zero-order valence-corrected chi connectivity index (χ0v) is 6.22. The highest BCUT2D eigenvalue weighted by molar-refractivity contribution is 7.13. The van der Waals surface area contributed by atoms with E-state index in [2.05, 4.69) is 10.2 Å². The molecule has 0 atom stereocenters. The van der Waals surface area contributed by atoms with E-state index in [1.807, 2.05) is 17.5 Å². The van der Waals surface area contributed by atoms with Gasteiger partial charge >= 0.3 is 5.76 Å². The van der Waals surface area contributed by atoms with Gasteiger partial charge in [-0.1, -0.05) is 6.07 Å². The van der Waals surface area contributed by atoms with Crippen molar-refractivity contribution in [3.05, 3.63) is 28.1 Å². The second kappa shape index (κ2) is 2.35. The van der Waals surface area contributed by atoms with Gasteiger partial charge in [0.15, 0.2) is 0 Å². The van der Waals surface area contributed by atoms with Gasteiger partial charge < -0.3 is 4.42 Å². The molecular weight excluding hydrogens is 164 g/mol. The van der Waals surface area contributed by atoms with Crippen LogP contribution in [-0.2, 0) is 0 Å². The summed E-state index contributed by atoms with van der Waals surface area (Å²) < 4.78 is 4.72. The number of nitrogens with one attached hydrogen (secondary N) is 1. The topological polar surface area (TPSA) is 58.9 Å². The van der Waals surface area contributed by atoms with Crippen LogP contribution in [-0.4, -0.2) is 10.2 Å². The predicted molar refractivity (Wildman–Crippen MR) is 40.4 cm³/mol. The van der Waals surface area contributed by atoms with Gasteiger partial charge in [0.1, 0.15) is 0 Å². The lowest BCUT2D eigenvalue weighted by Crippen LogP contribution is -1.93. The summed E-state index contributed by atoms with van der Waals surface area (Å²) in [4.78, 5) is 11.4. The van der Waals surface area contributed by atoms with Crippen LogP contribution >= 0.6 is 11.3 Å². The molecule has 11 heavy (non-hydrogen) atoms. The smallest absolute Gasteiger partial charge is 0.387 e. The minimum Gasteiger partial charge on any atom is -0.387 e. The van der Waals surface area contributed by atoms with Crippen molar-refractivity contribution in [2.45, 2.75) is 0 Å². The SMILES string of the molecule is O=c1[nH]nc(-c2cccs2)o1. The van der Waals surface area contributed by atoms with Crippen molar-refractivity contribution in [2.75, 3.05) is 0 Å². The maximum atomic E-state index is 10.5. The van der Waals surface area contributed by atoms with Crippen LogP contribution in [0.25, 0.3) is 10.8 Å². The van der Waals surface area contributed by atoms with E-state index in [4.69, 9.17) is 4.42 Å². The largest absolute Gasteiger partial charge is 0.434 e. The van der Waals surface area contributed by atoms with Gasteiger partial charge in [-0.05, 0) is 11.4 Å². The Bertz CT molecular complexity index is 387. The van der Waals surface area contributed by atoms with Crippen LogP contribution in [0.3, 0.4) is 0 Å². The molecule has 0 unspecified atom stereocenters. The summed E-state index contributed by atoms with van der Waals surface area (Å²) >= 11 is 1.47. The molecule has 0 spiro atoms. The number of nitrogens with zero attached hydrogens (tertiary/aromatic N) is 1. The van der Waals surface area contributed by atoms with Gasteiger partial charge in [-0.15, -0.1) is 16.4 Å². The van der Waals surface area contributed by atoms with Crippen LogP contribution < -0.4 is 5.76 Å². The molecule has 5 heteroatoms. The second-order valence-electron chi connectivity index (χ2n) is 1.90.